The fourth-order valence-corrected chi connectivity index (χ4v) is 12.8. The molecule has 5 heterocycles. The molecule has 0 radical (unpaired) electrons. The summed E-state index contributed by atoms with van der Waals surface area (Å²) in [4.78, 5) is 0. The van der Waals surface area contributed by atoms with E-state index in [1.54, 1.807) is 0 Å². The Kier molecular flexibility index (Phi) is 9.36. The molecule has 1 fully saturated rings. The third-order valence-electron chi connectivity index (χ3n) is 16.8. The van der Waals surface area contributed by atoms with Crippen molar-refractivity contribution in [2.45, 2.75) is 138 Å². The molecule has 1 aliphatic carbocycles. The molecule has 12 rings (SSSR count). The Labute approximate surface area is 404 Å². The van der Waals surface area contributed by atoms with Crippen molar-refractivity contribution in [1.82, 2.24) is 13.7 Å². The second kappa shape index (κ2) is 14.7. The summed E-state index contributed by atoms with van der Waals surface area (Å²) in [6, 6.07) is 37.7. The number of nitrogens with zero attached hydrogens (tertiary/aromatic N) is 3. The van der Waals surface area contributed by atoms with Gasteiger partial charge in [0.05, 0.1) is 22.4 Å². The van der Waals surface area contributed by atoms with Crippen molar-refractivity contribution in [3.63, 3.8) is 0 Å². The van der Waals surface area contributed by atoms with Gasteiger partial charge < -0.3 is 9.47 Å². The van der Waals surface area contributed by atoms with Gasteiger partial charge in [-0.1, -0.05) is 162 Å². The fourth-order valence-electron chi connectivity index (χ4n) is 12.8. The summed E-state index contributed by atoms with van der Waals surface area (Å²) >= 11 is 0. The lowest BCUT2D eigenvalue weighted by Gasteiger charge is -2.41. The van der Waals surface area contributed by atoms with Crippen LogP contribution in [-0.2, 0) is 16.2 Å². The second-order valence-corrected chi connectivity index (χ2v) is 23.5. The SMILES string of the molecule is Cc1cc2c(cc1C)n1c3n4c5n2-c2ccc(C(C)(C)C)cc2OC=5B(c2c(C)cccc2C)c2cc(C5(C)CCCCC5)cc(c2-4)B(c2c(C)cccc2C)C=3Oc2cc(C(C)(C)C)ccc2-1. The maximum absolute atomic E-state index is 7.80. The van der Waals surface area contributed by atoms with E-state index in [1.807, 2.05) is 0 Å². The molecule has 7 heteroatoms. The number of hydrogen-bond donors (Lipinski definition) is 0. The van der Waals surface area contributed by atoms with Crippen LogP contribution in [0.15, 0.2) is 97.1 Å². The first-order valence-corrected chi connectivity index (χ1v) is 25.3. The monoisotopic (exact) mass is 894 g/mol. The zero-order chi connectivity index (χ0) is 47.5. The van der Waals surface area contributed by atoms with Crippen molar-refractivity contribution in [3.8, 4) is 28.6 Å². The number of fused-ring (bicyclic) bond motifs is 7. The maximum atomic E-state index is 7.80. The van der Waals surface area contributed by atoms with Gasteiger partial charge >= 0.3 is 0 Å². The van der Waals surface area contributed by atoms with Crippen LogP contribution in [0.3, 0.4) is 0 Å². The van der Waals surface area contributed by atoms with E-state index in [4.69, 9.17) is 9.47 Å². The molecule has 0 amide bonds. The first-order valence-electron chi connectivity index (χ1n) is 25.3. The van der Waals surface area contributed by atoms with Crippen LogP contribution in [0.2, 0.25) is 0 Å². The molecule has 1 saturated carbocycles. The minimum absolute atomic E-state index is 0.0230. The lowest BCUT2D eigenvalue weighted by atomic mass is 9.32. The Bertz CT molecular complexity index is 3300. The van der Waals surface area contributed by atoms with Crippen LogP contribution >= 0.6 is 0 Å². The third kappa shape index (κ3) is 6.15. The molecule has 0 bridgehead atoms. The van der Waals surface area contributed by atoms with E-state index in [-0.39, 0.29) is 29.7 Å². The second-order valence-electron chi connectivity index (χ2n) is 23.5. The molecule has 0 spiro atoms. The number of ether oxygens (including phenoxy) is 2. The Morgan fingerprint density at radius 1 is 0.485 bits per heavy atom. The molecule has 0 unspecified atom stereocenters. The molecule has 5 aliphatic rings. The van der Waals surface area contributed by atoms with Crippen LogP contribution in [0, 0.1) is 41.5 Å². The molecule has 4 aliphatic heterocycles. The predicted molar refractivity (Wildman–Crippen MR) is 286 cm³/mol. The Morgan fingerprint density at radius 2 is 0.897 bits per heavy atom. The Morgan fingerprint density at radius 3 is 1.29 bits per heavy atom. The number of aromatic nitrogens is 3. The van der Waals surface area contributed by atoms with Gasteiger partial charge in [0.15, 0.2) is 11.0 Å². The topological polar surface area (TPSA) is 33.2 Å². The van der Waals surface area contributed by atoms with E-state index in [0.717, 1.165) is 56.2 Å². The fraction of sp³-hybridized carbons (Fsp3) is 0.344. The lowest BCUT2D eigenvalue weighted by Crippen LogP contribution is -2.67. The van der Waals surface area contributed by atoms with Crippen molar-refractivity contribution < 1.29 is 9.47 Å². The largest absolute Gasteiger partial charge is 0.465 e. The lowest BCUT2D eigenvalue weighted by molar-refractivity contribution is 0.320. The Hall–Kier alpha value is -6.07. The quantitative estimate of drug-likeness (QED) is 0.166. The summed E-state index contributed by atoms with van der Waals surface area (Å²) in [5.41, 5.74) is 26.2. The third-order valence-corrected chi connectivity index (χ3v) is 16.8. The molecular weight excluding hydrogens is 828 g/mol. The minimum Gasteiger partial charge on any atom is -0.465 e. The summed E-state index contributed by atoms with van der Waals surface area (Å²) in [7, 11) is 0. The van der Waals surface area contributed by atoms with Crippen LogP contribution in [0.4, 0.5) is 0 Å². The average molecular weight is 894 g/mol. The average Bonchev–Trinajstić information content (AvgIpc) is 3.41. The molecular formula is C61H65B2N3O2. The standard InChI is InChI=1S/C61H65B2N3O2/c1-35-19-17-20-36(2)52(35)62-44-31-43(61(13)27-15-14-16-28-61)32-45-54(44)66-57-55(62)67-50-33-41(59(7,8)9)23-25-46(50)64(57)48-29-39(5)40(6)30-49(48)65-47-26-24-42(60(10,11)12)34-51(47)68-56(58(65)66)63(45)53-37(3)21-18-22-38(53)4/h17-26,29-34H,14-16,27-28H2,1-13H3. The number of benzene rings is 6. The first-order chi connectivity index (χ1) is 32.3. The van der Waals surface area contributed by atoms with Gasteiger partial charge in [-0.05, 0) is 146 Å². The van der Waals surface area contributed by atoms with E-state index in [1.165, 1.54) is 110 Å². The van der Waals surface area contributed by atoms with Gasteiger partial charge in [-0.25, -0.2) is 0 Å². The maximum Gasteiger partial charge on any atom is 0.295 e. The van der Waals surface area contributed by atoms with E-state index < -0.39 is 0 Å². The summed E-state index contributed by atoms with van der Waals surface area (Å²) in [5, 5.41) is 0. The summed E-state index contributed by atoms with van der Waals surface area (Å²) in [5.74, 6) is 1.78. The highest BCUT2D eigenvalue weighted by molar-refractivity contribution is 7.02. The normalized spacial score (nSPS) is 16.2. The van der Waals surface area contributed by atoms with Gasteiger partial charge in [0.1, 0.15) is 22.8 Å². The van der Waals surface area contributed by atoms with Gasteiger partial charge in [-0.15, -0.1) is 0 Å². The summed E-state index contributed by atoms with van der Waals surface area (Å²) in [6.07, 6.45) is 6.13. The van der Waals surface area contributed by atoms with Crippen LogP contribution in [0.5, 0.6) is 11.5 Å². The highest BCUT2D eigenvalue weighted by Gasteiger charge is 2.48. The summed E-state index contributed by atoms with van der Waals surface area (Å²) in [6.45, 7) is 29.7. The molecule has 68 heavy (non-hydrogen) atoms. The van der Waals surface area contributed by atoms with Crippen LogP contribution in [0.25, 0.3) is 39.4 Å². The molecule has 342 valence electrons. The van der Waals surface area contributed by atoms with Crippen LogP contribution in [-0.4, -0.2) is 27.1 Å². The smallest absolute Gasteiger partial charge is 0.295 e. The van der Waals surface area contributed by atoms with Crippen molar-refractivity contribution in [2.24, 2.45) is 0 Å². The number of aryl methyl sites for hydroxylation is 6. The predicted octanol–water partition coefficient (Wildman–Crippen LogP) is 10.3. The zero-order valence-corrected chi connectivity index (χ0v) is 42.6. The summed E-state index contributed by atoms with van der Waals surface area (Å²) < 4.78 is 23.3. The van der Waals surface area contributed by atoms with Crippen LogP contribution < -0.4 is 42.3 Å². The molecule has 0 saturated heterocycles. The molecule has 1 aromatic heterocycles. The molecule has 6 aromatic carbocycles. The van der Waals surface area contributed by atoms with Crippen molar-refractivity contribution in [1.29, 1.82) is 0 Å². The molecule has 0 atom stereocenters. The minimum atomic E-state index is -0.189. The van der Waals surface area contributed by atoms with E-state index in [2.05, 4.69) is 201 Å². The van der Waals surface area contributed by atoms with Gasteiger partial charge in [0.2, 0.25) is 0 Å². The number of rotatable bonds is 3. The highest BCUT2D eigenvalue weighted by Crippen LogP contribution is 2.43. The molecule has 7 aromatic rings. The van der Waals surface area contributed by atoms with Gasteiger partial charge in [-0.3, -0.25) is 13.7 Å². The van der Waals surface area contributed by atoms with Gasteiger partial charge in [0.25, 0.3) is 13.4 Å². The Balaban J connectivity index is 1.40. The van der Waals surface area contributed by atoms with Crippen molar-refractivity contribution in [2.75, 3.05) is 0 Å². The molecule has 5 nitrogen and oxygen atoms in total. The zero-order valence-electron chi connectivity index (χ0n) is 42.6. The van der Waals surface area contributed by atoms with E-state index in [9.17, 15) is 0 Å². The van der Waals surface area contributed by atoms with Gasteiger partial charge in [-0.2, -0.15) is 0 Å². The molecule has 0 N–H and O–H groups in total. The highest BCUT2D eigenvalue weighted by atomic mass is 16.5. The number of hydrogen-bond acceptors (Lipinski definition) is 2. The van der Waals surface area contributed by atoms with Crippen molar-refractivity contribution in [3.05, 3.63) is 158 Å². The van der Waals surface area contributed by atoms with Crippen LogP contribution in [0.1, 0.15) is 131 Å². The van der Waals surface area contributed by atoms with Crippen molar-refractivity contribution >= 4 is 57.6 Å². The van der Waals surface area contributed by atoms with E-state index in [0.29, 0.717) is 0 Å². The van der Waals surface area contributed by atoms with Gasteiger partial charge in [0, 0.05) is 5.69 Å². The first kappa shape index (κ1) is 43.2. The van der Waals surface area contributed by atoms with E-state index >= 15 is 0 Å².